The molecule has 1 saturated heterocycles. The molecule has 0 spiro atoms. The van der Waals surface area contributed by atoms with Crippen LogP contribution in [0.2, 0.25) is 0 Å². The summed E-state index contributed by atoms with van der Waals surface area (Å²) in [6, 6.07) is 2.03. The first-order valence-electron chi connectivity index (χ1n) is 7.82. The molecule has 1 aromatic heterocycles. The summed E-state index contributed by atoms with van der Waals surface area (Å²) in [4.78, 5) is 14.7. The molecule has 1 fully saturated rings. The highest BCUT2D eigenvalue weighted by Gasteiger charge is 2.31. The van der Waals surface area contributed by atoms with E-state index in [1.165, 1.54) is 0 Å². The molecule has 0 aromatic carbocycles. The number of nitrogens with two attached hydrogens (primary N) is 1. The van der Waals surface area contributed by atoms with Gasteiger partial charge in [-0.15, -0.1) is 0 Å². The minimum Gasteiger partial charge on any atom is -0.333 e. The lowest BCUT2D eigenvalue weighted by atomic mass is 9.92. The van der Waals surface area contributed by atoms with E-state index in [9.17, 15) is 4.79 Å². The van der Waals surface area contributed by atoms with Crippen molar-refractivity contribution in [2.75, 3.05) is 13.1 Å². The summed E-state index contributed by atoms with van der Waals surface area (Å²) in [7, 11) is 0. The monoisotopic (exact) mass is 292 g/mol. The standard InChI is InChI=1S/C16H28N4O/c1-11-6-7-19(13(8-11)10-17)15(21)14-9-12(2)20(18-14)16(3,4)5/h9,11,13H,6-8,10,17H2,1-5H3. The van der Waals surface area contributed by atoms with Gasteiger partial charge in [-0.1, -0.05) is 6.92 Å². The van der Waals surface area contributed by atoms with Crippen molar-refractivity contribution < 1.29 is 4.79 Å². The van der Waals surface area contributed by atoms with Crippen LogP contribution in [-0.2, 0) is 5.54 Å². The van der Waals surface area contributed by atoms with Gasteiger partial charge in [0.15, 0.2) is 5.69 Å². The fourth-order valence-corrected chi connectivity index (χ4v) is 3.15. The first-order valence-corrected chi connectivity index (χ1v) is 7.82. The normalized spacial score (nSPS) is 23.4. The fraction of sp³-hybridized carbons (Fsp3) is 0.750. The third kappa shape index (κ3) is 3.28. The van der Waals surface area contributed by atoms with E-state index in [2.05, 4.69) is 32.8 Å². The summed E-state index contributed by atoms with van der Waals surface area (Å²) < 4.78 is 1.92. The van der Waals surface area contributed by atoms with Gasteiger partial charge in [-0.05, 0) is 52.5 Å². The second-order valence-electron chi connectivity index (χ2n) is 7.27. The van der Waals surface area contributed by atoms with E-state index in [1.54, 1.807) is 0 Å². The van der Waals surface area contributed by atoms with Gasteiger partial charge in [0.2, 0.25) is 0 Å². The first kappa shape index (κ1) is 16.0. The number of carbonyl (C=O) groups excluding carboxylic acids is 1. The van der Waals surface area contributed by atoms with E-state index in [1.807, 2.05) is 22.6 Å². The van der Waals surface area contributed by atoms with Crippen LogP contribution in [0.5, 0.6) is 0 Å². The average Bonchev–Trinajstić information content (AvgIpc) is 2.80. The Balaban J connectivity index is 2.24. The summed E-state index contributed by atoms with van der Waals surface area (Å²) in [5.74, 6) is 0.653. The van der Waals surface area contributed by atoms with Gasteiger partial charge in [-0.25, -0.2) is 0 Å². The van der Waals surface area contributed by atoms with Crippen LogP contribution in [0.15, 0.2) is 6.07 Å². The lowest BCUT2D eigenvalue weighted by Gasteiger charge is -2.37. The Bertz CT molecular complexity index is 515. The molecule has 0 bridgehead atoms. The number of rotatable bonds is 2. The maximum atomic E-state index is 12.8. The Kier molecular flexibility index (Phi) is 4.42. The summed E-state index contributed by atoms with van der Waals surface area (Å²) in [6.45, 7) is 11.8. The number of likely N-dealkylation sites (tertiary alicyclic amines) is 1. The molecule has 118 valence electrons. The second-order valence-corrected chi connectivity index (χ2v) is 7.27. The molecule has 0 saturated carbocycles. The Labute approximate surface area is 127 Å². The van der Waals surface area contributed by atoms with Crippen LogP contribution in [0.25, 0.3) is 0 Å². The van der Waals surface area contributed by atoms with Gasteiger partial charge < -0.3 is 10.6 Å². The van der Waals surface area contributed by atoms with Gasteiger partial charge in [0, 0.05) is 24.8 Å². The maximum absolute atomic E-state index is 12.8. The number of aromatic nitrogens is 2. The average molecular weight is 292 g/mol. The van der Waals surface area contributed by atoms with Crippen LogP contribution in [0.4, 0.5) is 0 Å². The molecule has 1 aromatic rings. The van der Waals surface area contributed by atoms with E-state index in [-0.39, 0.29) is 17.5 Å². The molecule has 2 heterocycles. The molecule has 0 aliphatic carbocycles. The number of amides is 1. The Morgan fingerprint density at radius 2 is 2.14 bits per heavy atom. The molecule has 5 nitrogen and oxygen atoms in total. The zero-order valence-corrected chi connectivity index (χ0v) is 13.9. The molecule has 1 aliphatic heterocycles. The van der Waals surface area contributed by atoms with Crippen molar-refractivity contribution in [1.29, 1.82) is 0 Å². The third-order valence-electron chi connectivity index (χ3n) is 4.25. The highest BCUT2D eigenvalue weighted by Crippen LogP contribution is 2.24. The largest absolute Gasteiger partial charge is 0.333 e. The van der Waals surface area contributed by atoms with E-state index in [0.717, 1.165) is 25.1 Å². The molecule has 21 heavy (non-hydrogen) atoms. The van der Waals surface area contributed by atoms with Crippen LogP contribution in [-0.4, -0.2) is 39.7 Å². The summed E-state index contributed by atoms with van der Waals surface area (Å²) in [6.07, 6.45) is 2.03. The third-order valence-corrected chi connectivity index (χ3v) is 4.25. The van der Waals surface area contributed by atoms with Crippen LogP contribution < -0.4 is 5.73 Å². The molecular formula is C16H28N4O. The Morgan fingerprint density at radius 1 is 1.48 bits per heavy atom. The lowest BCUT2D eigenvalue weighted by Crippen LogP contribution is -2.49. The molecule has 1 aliphatic rings. The van der Waals surface area contributed by atoms with Gasteiger partial charge in [-0.3, -0.25) is 9.48 Å². The first-order chi connectivity index (χ1) is 9.74. The summed E-state index contributed by atoms with van der Waals surface area (Å²) in [5.41, 5.74) is 7.29. The quantitative estimate of drug-likeness (QED) is 0.908. The van der Waals surface area contributed by atoms with E-state index < -0.39 is 0 Å². The molecule has 2 rings (SSSR count). The predicted octanol–water partition coefficient (Wildman–Crippen LogP) is 2.15. The van der Waals surface area contributed by atoms with Crippen molar-refractivity contribution in [2.45, 2.75) is 59.0 Å². The summed E-state index contributed by atoms with van der Waals surface area (Å²) in [5, 5.41) is 4.53. The molecule has 1 amide bonds. The zero-order chi connectivity index (χ0) is 15.8. The van der Waals surface area contributed by atoms with Crippen molar-refractivity contribution >= 4 is 5.91 Å². The summed E-state index contributed by atoms with van der Waals surface area (Å²) >= 11 is 0. The number of hydrogen-bond donors (Lipinski definition) is 1. The lowest BCUT2D eigenvalue weighted by molar-refractivity contribution is 0.0566. The van der Waals surface area contributed by atoms with Crippen molar-refractivity contribution in [3.05, 3.63) is 17.5 Å². The van der Waals surface area contributed by atoms with Crippen LogP contribution in [0.1, 0.15) is 56.7 Å². The van der Waals surface area contributed by atoms with Gasteiger partial charge in [0.25, 0.3) is 5.91 Å². The van der Waals surface area contributed by atoms with E-state index in [4.69, 9.17) is 5.73 Å². The van der Waals surface area contributed by atoms with Crippen LogP contribution in [0, 0.1) is 12.8 Å². The predicted molar refractivity (Wildman–Crippen MR) is 84.2 cm³/mol. The number of carbonyl (C=O) groups is 1. The van der Waals surface area contributed by atoms with Crippen molar-refractivity contribution in [1.82, 2.24) is 14.7 Å². The highest BCUT2D eigenvalue weighted by atomic mass is 16.2. The van der Waals surface area contributed by atoms with Gasteiger partial charge >= 0.3 is 0 Å². The minimum atomic E-state index is -0.119. The molecule has 0 radical (unpaired) electrons. The number of nitrogens with zero attached hydrogens (tertiary/aromatic N) is 3. The van der Waals surface area contributed by atoms with Gasteiger partial charge in [0.05, 0.1) is 5.54 Å². The number of piperidine rings is 1. The minimum absolute atomic E-state index is 0.0171. The van der Waals surface area contributed by atoms with Crippen molar-refractivity contribution in [3.8, 4) is 0 Å². The molecule has 2 unspecified atom stereocenters. The molecule has 2 N–H and O–H groups in total. The fourth-order valence-electron chi connectivity index (χ4n) is 3.15. The highest BCUT2D eigenvalue weighted by molar-refractivity contribution is 5.92. The van der Waals surface area contributed by atoms with Crippen LogP contribution in [0.3, 0.4) is 0 Å². The second kappa shape index (κ2) is 5.79. The zero-order valence-electron chi connectivity index (χ0n) is 13.9. The molecular weight excluding hydrogens is 264 g/mol. The maximum Gasteiger partial charge on any atom is 0.274 e. The van der Waals surface area contributed by atoms with E-state index in [0.29, 0.717) is 18.2 Å². The number of hydrogen-bond acceptors (Lipinski definition) is 3. The van der Waals surface area contributed by atoms with Crippen molar-refractivity contribution in [3.63, 3.8) is 0 Å². The number of aryl methyl sites for hydroxylation is 1. The van der Waals surface area contributed by atoms with Gasteiger partial charge in [-0.2, -0.15) is 5.10 Å². The molecule has 5 heteroatoms. The topological polar surface area (TPSA) is 64.2 Å². The van der Waals surface area contributed by atoms with Crippen LogP contribution >= 0.6 is 0 Å². The van der Waals surface area contributed by atoms with Crippen molar-refractivity contribution in [2.24, 2.45) is 11.7 Å². The molecule has 2 atom stereocenters. The van der Waals surface area contributed by atoms with E-state index >= 15 is 0 Å². The Morgan fingerprint density at radius 3 is 2.67 bits per heavy atom. The SMILES string of the molecule is Cc1cc(C(=O)N2CCC(C)CC2CN)nn1C(C)(C)C. The Hall–Kier alpha value is -1.36. The smallest absolute Gasteiger partial charge is 0.274 e. The van der Waals surface area contributed by atoms with Gasteiger partial charge in [0.1, 0.15) is 0 Å².